The van der Waals surface area contributed by atoms with Crippen molar-refractivity contribution in [3.05, 3.63) is 12.2 Å². The predicted octanol–water partition coefficient (Wildman–Crippen LogP) is 2.10. The summed E-state index contributed by atoms with van der Waals surface area (Å²) < 4.78 is 0. The first-order valence-corrected chi connectivity index (χ1v) is 8.53. The van der Waals surface area contributed by atoms with Gasteiger partial charge < -0.3 is 5.32 Å². The van der Waals surface area contributed by atoms with Crippen LogP contribution in [0.25, 0.3) is 0 Å². The lowest BCUT2D eigenvalue weighted by atomic mass is 9.79. The molecule has 0 aromatic heterocycles. The topological polar surface area (TPSA) is 49.4 Å². The molecule has 0 aromatic rings. The number of nitrogens with one attached hydrogen (secondary N) is 1. The standard InChI is InChI=1S/C18H26N2O2/c1-17(2)8-12(9-18(3,4)19-17)20-15(21)13-10-5-6-11(7-10)14(13)16(20)22/h5-6,10-14,19H,7-9H2,1-4H3. The average molecular weight is 302 g/mol. The van der Waals surface area contributed by atoms with E-state index in [1.807, 2.05) is 0 Å². The van der Waals surface area contributed by atoms with Crippen molar-refractivity contribution in [3.63, 3.8) is 0 Å². The molecule has 4 unspecified atom stereocenters. The van der Waals surface area contributed by atoms with Crippen LogP contribution in [0.1, 0.15) is 47.0 Å². The Kier molecular flexibility index (Phi) is 2.77. The molecule has 1 saturated carbocycles. The van der Waals surface area contributed by atoms with Crippen LogP contribution >= 0.6 is 0 Å². The number of allylic oxidation sites excluding steroid dienone is 2. The monoisotopic (exact) mass is 302 g/mol. The van der Waals surface area contributed by atoms with E-state index in [1.165, 1.54) is 0 Å². The number of amides is 2. The van der Waals surface area contributed by atoms with Crippen LogP contribution in [-0.4, -0.2) is 33.8 Å². The minimum absolute atomic E-state index is 0.0382. The molecule has 4 nitrogen and oxygen atoms in total. The first-order chi connectivity index (χ1) is 10.2. The van der Waals surface area contributed by atoms with E-state index in [0.717, 1.165) is 19.3 Å². The highest BCUT2D eigenvalue weighted by atomic mass is 16.2. The zero-order valence-corrected chi connectivity index (χ0v) is 13.9. The van der Waals surface area contributed by atoms with E-state index in [0.29, 0.717) is 11.8 Å². The van der Waals surface area contributed by atoms with Crippen molar-refractivity contribution in [3.8, 4) is 0 Å². The summed E-state index contributed by atoms with van der Waals surface area (Å²) in [7, 11) is 0. The van der Waals surface area contributed by atoms with Crippen molar-refractivity contribution >= 4 is 11.8 Å². The third-order valence-corrected chi connectivity index (χ3v) is 6.04. The maximum Gasteiger partial charge on any atom is 0.233 e. The van der Waals surface area contributed by atoms with E-state index in [2.05, 4.69) is 45.2 Å². The van der Waals surface area contributed by atoms with Crippen molar-refractivity contribution in [1.29, 1.82) is 0 Å². The van der Waals surface area contributed by atoms with Crippen LogP contribution in [0.3, 0.4) is 0 Å². The minimum atomic E-state index is -0.0661. The highest BCUT2D eigenvalue weighted by Gasteiger charge is 2.61. The van der Waals surface area contributed by atoms with Crippen LogP contribution in [0.15, 0.2) is 12.2 Å². The molecule has 22 heavy (non-hydrogen) atoms. The summed E-state index contributed by atoms with van der Waals surface area (Å²) >= 11 is 0. The van der Waals surface area contributed by atoms with E-state index in [9.17, 15) is 9.59 Å². The van der Waals surface area contributed by atoms with Crippen molar-refractivity contribution in [2.45, 2.75) is 64.1 Å². The molecule has 4 heteroatoms. The number of fused-ring (bicyclic) bond motifs is 5. The Balaban J connectivity index is 1.64. The molecular formula is C18H26N2O2. The zero-order chi connectivity index (χ0) is 15.9. The third-order valence-electron chi connectivity index (χ3n) is 6.04. The molecule has 4 aliphatic rings. The molecule has 2 aliphatic carbocycles. The van der Waals surface area contributed by atoms with Gasteiger partial charge in [0.05, 0.1) is 11.8 Å². The lowest BCUT2D eigenvalue weighted by molar-refractivity contribution is -0.145. The van der Waals surface area contributed by atoms with Gasteiger partial charge >= 0.3 is 0 Å². The first kappa shape index (κ1) is 14.4. The Morgan fingerprint density at radius 1 is 0.955 bits per heavy atom. The average Bonchev–Trinajstić information content (AvgIpc) is 2.99. The fraction of sp³-hybridized carbons (Fsp3) is 0.778. The summed E-state index contributed by atoms with van der Waals surface area (Å²) in [5.74, 6) is 0.682. The van der Waals surface area contributed by atoms with Crippen molar-refractivity contribution in [1.82, 2.24) is 10.2 Å². The highest BCUT2D eigenvalue weighted by molar-refractivity contribution is 6.06. The van der Waals surface area contributed by atoms with Crippen LogP contribution in [-0.2, 0) is 9.59 Å². The molecule has 1 N–H and O–H groups in total. The number of likely N-dealkylation sites (tertiary alicyclic amines) is 1. The molecule has 4 atom stereocenters. The number of hydrogen-bond acceptors (Lipinski definition) is 3. The summed E-state index contributed by atoms with van der Waals surface area (Å²) in [5, 5.41) is 3.63. The molecule has 3 fully saturated rings. The number of carbonyl (C=O) groups excluding carboxylic acids is 2. The Labute approximate surface area is 132 Å². The smallest absolute Gasteiger partial charge is 0.233 e. The zero-order valence-electron chi connectivity index (χ0n) is 13.9. The van der Waals surface area contributed by atoms with Crippen molar-refractivity contribution in [2.75, 3.05) is 0 Å². The molecule has 2 heterocycles. The predicted molar refractivity (Wildman–Crippen MR) is 83.9 cm³/mol. The summed E-state index contributed by atoms with van der Waals surface area (Å²) in [5.41, 5.74) is -0.107. The molecule has 120 valence electrons. The highest BCUT2D eigenvalue weighted by Crippen LogP contribution is 2.53. The Morgan fingerprint density at radius 2 is 1.41 bits per heavy atom. The Morgan fingerprint density at radius 3 is 1.86 bits per heavy atom. The second-order valence-electron chi connectivity index (χ2n) is 9.00. The third kappa shape index (κ3) is 1.92. The van der Waals surface area contributed by atoms with Crippen LogP contribution in [0.5, 0.6) is 0 Å². The molecule has 0 radical (unpaired) electrons. The van der Waals surface area contributed by atoms with Crippen LogP contribution < -0.4 is 5.32 Å². The summed E-state index contributed by atoms with van der Waals surface area (Å²) in [6.07, 6.45) is 7.02. The molecular weight excluding hydrogens is 276 g/mol. The molecule has 2 saturated heterocycles. The van der Waals surface area contributed by atoms with Gasteiger partial charge in [0.25, 0.3) is 0 Å². The van der Waals surface area contributed by atoms with Gasteiger partial charge in [-0.25, -0.2) is 0 Å². The quantitative estimate of drug-likeness (QED) is 0.596. The number of carbonyl (C=O) groups is 2. The normalized spacial score (nSPS) is 42.3. The largest absolute Gasteiger partial charge is 0.307 e. The molecule has 0 aromatic carbocycles. The summed E-state index contributed by atoms with van der Waals surface area (Å²) in [4.78, 5) is 27.6. The van der Waals surface area contributed by atoms with Crippen LogP contribution in [0, 0.1) is 23.7 Å². The number of rotatable bonds is 1. The molecule has 2 amide bonds. The van der Waals surface area contributed by atoms with Crippen molar-refractivity contribution in [2.24, 2.45) is 23.7 Å². The molecule has 4 rings (SSSR count). The van der Waals surface area contributed by atoms with Gasteiger partial charge in [0.1, 0.15) is 0 Å². The van der Waals surface area contributed by atoms with Gasteiger partial charge in [0, 0.05) is 17.1 Å². The Bertz CT molecular complexity index is 532. The first-order valence-electron chi connectivity index (χ1n) is 8.53. The van der Waals surface area contributed by atoms with Gasteiger partial charge in [-0.05, 0) is 58.8 Å². The summed E-state index contributed by atoms with van der Waals surface area (Å²) in [6, 6.07) is 0.0382. The summed E-state index contributed by atoms with van der Waals surface area (Å²) in [6.45, 7) is 8.66. The lowest BCUT2D eigenvalue weighted by Crippen LogP contribution is -2.63. The second-order valence-corrected chi connectivity index (χ2v) is 9.00. The molecule has 2 aliphatic heterocycles. The molecule has 0 spiro atoms. The Hall–Kier alpha value is -1.16. The second kappa shape index (κ2) is 4.22. The lowest BCUT2D eigenvalue weighted by Gasteiger charge is -2.48. The SMILES string of the molecule is CC1(C)CC(N2C(=O)C3C4C=CC(C4)C3C2=O)CC(C)(C)N1. The van der Waals surface area contributed by atoms with Gasteiger partial charge in [0.15, 0.2) is 0 Å². The maximum absolute atomic E-state index is 13.0. The van der Waals surface area contributed by atoms with Gasteiger partial charge in [0.2, 0.25) is 11.8 Å². The van der Waals surface area contributed by atoms with Gasteiger partial charge in [-0.1, -0.05) is 12.2 Å². The number of imide groups is 1. The van der Waals surface area contributed by atoms with E-state index in [-0.39, 0.29) is 40.8 Å². The number of piperidine rings is 1. The fourth-order valence-electron chi connectivity index (χ4n) is 5.74. The van der Waals surface area contributed by atoms with E-state index >= 15 is 0 Å². The maximum atomic E-state index is 13.0. The number of hydrogen-bond donors (Lipinski definition) is 1. The van der Waals surface area contributed by atoms with Crippen LogP contribution in [0.4, 0.5) is 0 Å². The minimum Gasteiger partial charge on any atom is -0.307 e. The fourth-order valence-corrected chi connectivity index (χ4v) is 5.74. The van der Waals surface area contributed by atoms with Crippen LogP contribution in [0.2, 0.25) is 0 Å². The van der Waals surface area contributed by atoms with Crippen molar-refractivity contribution < 1.29 is 9.59 Å². The number of nitrogens with zero attached hydrogens (tertiary/aromatic N) is 1. The molecule has 2 bridgehead atoms. The van der Waals surface area contributed by atoms with E-state index < -0.39 is 0 Å². The van der Waals surface area contributed by atoms with E-state index in [4.69, 9.17) is 0 Å². The van der Waals surface area contributed by atoms with E-state index in [1.54, 1.807) is 4.90 Å². The van der Waals surface area contributed by atoms with Gasteiger partial charge in [-0.15, -0.1) is 0 Å². The van der Waals surface area contributed by atoms with Gasteiger partial charge in [-0.3, -0.25) is 14.5 Å². The van der Waals surface area contributed by atoms with Gasteiger partial charge in [-0.2, -0.15) is 0 Å².